The average molecular weight is 367 g/mol. The lowest BCUT2D eigenvalue weighted by atomic mass is 9.98. The van der Waals surface area contributed by atoms with Gasteiger partial charge >= 0.3 is 0 Å². The van der Waals surface area contributed by atoms with Gasteiger partial charge in [-0.25, -0.2) is 0 Å². The summed E-state index contributed by atoms with van der Waals surface area (Å²) >= 11 is 0. The van der Waals surface area contributed by atoms with Crippen LogP contribution in [0, 0.1) is 0 Å². The molecule has 0 saturated carbocycles. The van der Waals surface area contributed by atoms with Gasteiger partial charge in [-0.1, -0.05) is 5.11 Å². The predicted molar refractivity (Wildman–Crippen MR) is 75.6 cm³/mol. The normalized spacial score (nSPS) is 47.5. The van der Waals surface area contributed by atoms with Crippen LogP contribution >= 0.6 is 0 Å². The Morgan fingerprint density at radius 3 is 2.20 bits per heavy atom. The number of hydrogen-bond donors (Lipinski definition) is 7. The first kappa shape index (κ1) is 20.2. The number of aliphatic hydroxyl groups excluding tert-OH is 7. The van der Waals surface area contributed by atoms with E-state index in [0.29, 0.717) is 0 Å². The van der Waals surface area contributed by atoms with E-state index >= 15 is 0 Å². The molecule has 5 unspecified atom stereocenters. The first-order chi connectivity index (χ1) is 11.8. The summed E-state index contributed by atoms with van der Waals surface area (Å²) in [6, 6.07) is 0. The summed E-state index contributed by atoms with van der Waals surface area (Å²) in [6.45, 7) is -2.05. The number of azide groups is 1. The Morgan fingerprint density at radius 2 is 1.68 bits per heavy atom. The first-order valence-electron chi connectivity index (χ1n) is 7.45. The molecule has 13 heteroatoms. The maximum Gasteiger partial charge on any atom is 0.224 e. The molecule has 2 aliphatic rings. The van der Waals surface area contributed by atoms with Gasteiger partial charge in [0.2, 0.25) is 5.79 Å². The van der Waals surface area contributed by atoms with Crippen molar-refractivity contribution in [1.82, 2.24) is 0 Å². The third kappa shape index (κ3) is 3.72. The van der Waals surface area contributed by atoms with Crippen LogP contribution in [0.3, 0.4) is 0 Å². The van der Waals surface area contributed by atoms with E-state index in [9.17, 15) is 30.6 Å². The SMILES string of the molecule is [N-]=[N+]=NCC1O[C@H](O[C@]2(CO)O[C@H](CO)C(O)C2O)C(O)C(O)[C@@H]1O. The quantitative estimate of drug-likeness (QED) is 0.137. The van der Waals surface area contributed by atoms with Gasteiger partial charge in [-0.2, -0.15) is 0 Å². The summed E-state index contributed by atoms with van der Waals surface area (Å²) in [6.07, 6.45) is -12.7. The number of aliphatic hydroxyl groups is 7. The lowest BCUT2D eigenvalue weighted by Crippen LogP contribution is -2.62. The Morgan fingerprint density at radius 1 is 1.00 bits per heavy atom. The minimum Gasteiger partial charge on any atom is -0.394 e. The van der Waals surface area contributed by atoms with E-state index in [1.165, 1.54) is 0 Å². The summed E-state index contributed by atoms with van der Waals surface area (Å²) in [5, 5.41) is 71.5. The number of ether oxygens (including phenoxy) is 3. The molecule has 0 aromatic rings. The molecule has 0 aromatic carbocycles. The van der Waals surface area contributed by atoms with Crippen molar-refractivity contribution in [2.75, 3.05) is 19.8 Å². The number of hydrogen-bond acceptors (Lipinski definition) is 11. The van der Waals surface area contributed by atoms with Crippen LogP contribution in [0.1, 0.15) is 0 Å². The molecule has 9 atom stereocenters. The van der Waals surface area contributed by atoms with Crippen molar-refractivity contribution in [2.24, 2.45) is 5.11 Å². The molecule has 0 radical (unpaired) electrons. The molecule has 2 fully saturated rings. The van der Waals surface area contributed by atoms with Gasteiger partial charge in [0.15, 0.2) is 6.29 Å². The zero-order valence-corrected chi connectivity index (χ0v) is 12.9. The van der Waals surface area contributed by atoms with Crippen LogP contribution in [-0.2, 0) is 14.2 Å². The molecular weight excluding hydrogens is 346 g/mol. The van der Waals surface area contributed by atoms with Crippen LogP contribution in [-0.4, -0.2) is 110 Å². The smallest absolute Gasteiger partial charge is 0.224 e. The van der Waals surface area contributed by atoms with E-state index in [4.69, 9.17) is 24.8 Å². The van der Waals surface area contributed by atoms with Crippen molar-refractivity contribution in [3.8, 4) is 0 Å². The van der Waals surface area contributed by atoms with E-state index in [1.54, 1.807) is 0 Å². The fraction of sp³-hybridized carbons (Fsp3) is 1.00. The third-order valence-electron chi connectivity index (χ3n) is 4.22. The average Bonchev–Trinajstić information content (AvgIpc) is 2.86. The summed E-state index contributed by atoms with van der Waals surface area (Å²) < 4.78 is 15.7. The Balaban J connectivity index is 2.19. The zero-order valence-electron chi connectivity index (χ0n) is 12.9. The van der Waals surface area contributed by atoms with E-state index in [0.717, 1.165) is 0 Å². The van der Waals surface area contributed by atoms with Crippen molar-refractivity contribution in [3.05, 3.63) is 10.4 Å². The molecule has 25 heavy (non-hydrogen) atoms. The van der Waals surface area contributed by atoms with E-state index in [-0.39, 0.29) is 0 Å². The summed E-state index contributed by atoms with van der Waals surface area (Å²) in [5.74, 6) is -2.25. The lowest BCUT2D eigenvalue weighted by molar-refractivity contribution is -0.381. The van der Waals surface area contributed by atoms with Crippen LogP contribution in [0.4, 0.5) is 0 Å². The minimum absolute atomic E-state index is 0.390. The maximum absolute atomic E-state index is 10.1. The molecule has 2 rings (SSSR count). The molecule has 2 saturated heterocycles. The third-order valence-corrected chi connectivity index (χ3v) is 4.22. The van der Waals surface area contributed by atoms with Crippen LogP contribution in [0.25, 0.3) is 10.4 Å². The molecule has 2 heterocycles. The van der Waals surface area contributed by atoms with Crippen molar-refractivity contribution < 1.29 is 50.0 Å². The molecule has 0 aliphatic carbocycles. The molecule has 0 bridgehead atoms. The standard InChI is InChI=1S/C12H21N3O10/c13-15-14-1-4-6(18)8(20)9(21)11(23-4)25-12(3-17)10(22)7(19)5(2-16)24-12/h4-11,16-22H,1-3H2/t4?,5-,6-,7?,8?,9?,10?,11-,12+/m1/s1. The molecule has 0 spiro atoms. The summed E-state index contributed by atoms with van der Waals surface area (Å²) in [5.41, 5.74) is 8.34. The number of nitrogens with zero attached hydrogens (tertiary/aromatic N) is 3. The Labute approximate surface area is 141 Å². The largest absolute Gasteiger partial charge is 0.394 e. The van der Waals surface area contributed by atoms with Crippen LogP contribution in [0.15, 0.2) is 5.11 Å². The van der Waals surface area contributed by atoms with Crippen molar-refractivity contribution in [2.45, 2.75) is 54.8 Å². The van der Waals surface area contributed by atoms with E-state index in [1.807, 2.05) is 0 Å². The highest BCUT2D eigenvalue weighted by Crippen LogP contribution is 2.35. The second-order valence-corrected chi connectivity index (χ2v) is 5.79. The minimum atomic E-state index is -2.25. The highest BCUT2D eigenvalue weighted by molar-refractivity contribution is 4.98. The van der Waals surface area contributed by atoms with Crippen LogP contribution in [0.5, 0.6) is 0 Å². The van der Waals surface area contributed by atoms with Crippen molar-refractivity contribution in [1.29, 1.82) is 0 Å². The molecule has 0 amide bonds. The number of rotatable bonds is 6. The second kappa shape index (κ2) is 8.07. The zero-order chi connectivity index (χ0) is 18.8. The summed E-state index contributed by atoms with van der Waals surface area (Å²) in [7, 11) is 0. The Hall–Kier alpha value is -1.09. The van der Waals surface area contributed by atoms with Gasteiger partial charge in [0.1, 0.15) is 43.2 Å². The van der Waals surface area contributed by atoms with Crippen molar-refractivity contribution >= 4 is 0 Å². The van der Waals surface area contributed by atoms with Crippen LogP contribution < -0.4 is 0 Å². The van der Waals surface area contributed by atoms with Gasteiger partial charge in [-0.3, -0.25) is 0 Å². The van der Waals surface area contributed by atoms with Crippen LogP contribution in [0.2, 0.25) is 0 Å². The van der Waals surface area contributed by atoms with Gasteiger partial charge in [-0.05, 0) is 5.53 Å². The van der Waals surface area contributed by atoms with E-state index < -0.39 is 74.6 Å². The Kier molecular flexibility index (Phi) is 6.53. The molecule has 144 valence electrons. The molecule has 2 aliphatic heterocycles. The van der Waals surface area contributed by atoms with E-state index in [2.05, 4.69) is 10.0 Å². The monoisotopic (exact) mass is 367 g/mol. The first-order valence-corrected chi connectivity index (χ1v) is 7.45. The second-order valence-electron chi connectivity index (χ2n) is 5.79. The molecular formula is C12H21N3O10. The van der Waals surface area contributed by atoms with Gasteiger partial charge < -0.3 is 50.0 Å². The fourth-order valence-corrected chi connectivity index (χ4v) is 2.75. The lowest BCUT2D eigenvalue weighted by Gasteiger charge is -2.43. The maximum atomic E-state index is 10.1. The van der Waals surface area contributed by atoms with Crippen molar-refractivity contribution in [3.63, 3.8) is 0 Å². The molecule has 13 nitrogen and oxygen atoms in total. The van der Waals surface area contributed by atoms with Gasteiger partial charge in [-0.15, -0.1) is 0 Å². The summed E-state index contributed by atoms with van der Waals surface area (Å²) in [4.78, 5) is 2.49. The fourth-order valence-electron chi connectivity index (χ4n) is 2.75. The molecule has 0 aromatic heterocycles. The van der Waals surface area contributed by atoms with Gasteiger partial charge in [0.25, 0.3) is 0 Å². The Bertz CT molecular complexity index is 506. The van der Waals surface area contributed by atoms with Gasteiger partial charge in [0.05, 0.1) is 19.3 Å². The van der Waals surface area contributed by atoms with Gasteiger partial charge in [0, 0.05) is 4.91 Å². The highest BCUT2D eigenvalue weighted by atomic mass is 16.8. The topological polar surface area (TPSA) is 218 Å². The molecule has 7 N–H and O–H groups in total. The highest BCUT2D eigenvalue weighted by Gasteiger charge is 2.58. The predicted octanol–water partition coefficient (Wildman–Crippen LogP) is -4.08.